The van der Waals surface area contributed by atoms with Crippen molar-refractivity contribution in [2.75, 3.05) is 18.5 Å². The summed E-state index contributed by atoms with van der Waals surface area (Å²) in [6.45, 7) is 1.58. The van der Waals surface area contributed by atoms with Crippen LogP contribution in [0.3, 0.4) is 0 Å². The third-order valence-electron chi connectivity index (χ3n) is 3.10. The standard InChI is InChI=1S/C12H16N2O4S/c1-2-9-10-7-8(19(17,18)13-5-6-15)3-4-11(10)14-12(9)16/h3-4,7,9,13,15H,2,5-6H2,1H3,(H,14,16). The van der Waals surface area contributed by atoms with Gasteiger partial charge in [-0.25, -0.2) is 13.1 Å². The molecule has 0 aliphatic carbocycles. The molecule has 104 valence electrons. The molecule has 0 aromatic heterocycles. The minimum absolute atomic E-state index is 0.0339. The number of sulfonamides is 1. The summed E-state index contributed by atoms with van der Waals surface area (Å²) < 4.78 is 26.2. The Morgan fingerprint density at radius 1 is 1.42 bits per heavy atom. The fraction of sp³-hybridized carbons (Fsp3) is 0.417. The SMILES string of the molecule is CCC1C(=O)Nc2ccc(S(=O)(=O)NCCO)cc21. The van der Waals surface area contributed by atoms with E-state index in [0.29, 0.717) is 17.7 Å². The lowest BCUT2D eigenvalue weighted by Gasteiger charge is -2.09. The molecule has 0 radical (unpaired) electrons. The Morgan fingerprint density at radius 3 is 2.79 bits per heavy atom. The fourth-order valence-electron chi connectivity index (χ4n) is 2.14. The molecule has 0 saturated heterocycles. The molecule has 0 saturated carbocycles. The maximum atomic E-state index is 11.9. The predicted molar refractivity (Wildman–Crippen MR) is 70.4 cm³/mol. The van der Waals surface area contributed by atoms with Gasteiger partial charge in [-0.1, -0.05) is 6.92 Å². The molecule has 1 amide bonds. The van der Waals surface area contributed by atoms with E-state index in [1.54, 1.807) is 6.07 Å². The van der Waals surface area contributed by atoms with Crippen molar-refractivity contribution in [1.82, 2.24) is 4.72 Å². The van der Waals surface area contributed by atoms with Gasteiger partial charge in [0.25, 0.3) is 0 Å². The van der Waals surface area contributed by atoms with Crippen LogP contribution in [0, 0.1) is 0 Å². The lowest BCUT2D eigenvalue weighted by atomic mass is 9.98. The van der Waals surface area contributed by atoms with Gasteiger partial charge in [0.1, 0.15) is 0 Å². The number of amides is 1. The highest BCUT2D eigenvalue weighted by Crippen LogP contribution is 2.35. The number of carbonyl (C=O) groups is 1. The molecule has 1 aromatic rings. The zero-order valence-electron chi connectivity index (χ0n) is 10.5. The van der Waals surface area contributed by atoms with Gasteiger partial charge in [-0.05, 0) is 30.2 Å². The number of hydrogen-bond acceptors (Lipinski definition) is 4. The maximum absolute atomic E-state index is 11.9. The molecule has 0 fully saturated rings. The minimum atomic E-state index is -3.64. The largest absolute Gasteiger partial charge is 0.395 e. The summed E-state index contributed by atoms with van der Waals surface area (Å²) >= 11 is 0. The van der Waals surface area contributed by atoms with Gasteiger partial charge in [-0.2, -0.15) is 0 Å². The Hall–Kier alpha value is -1.44. The summed E-state index contributed by atoms with van der Waals surface area (Å²) in [7, 11) is -3.64. The summed E-state index contributed by atoms with van der Waals surface area (Å²) in [5.74, 6) is -0.404. The summed E-state index contributed by atoms with van der Waals surface area (Å²) in [6.07, 6.45) is 0.617. The normalized spacial score (nSPS) is 18.2. The second-order valence-corrected chi connectivity index (χ2v) is 6.09. The first kappa shape index (κ1) is 14.0. The number of aliphatic hydroxyl groups excluding tert-OH is 1. The van der Waals surface area contributed by atoms with Crippen LogP contribution in [0.1, 0.15) is 24.8 Å². The Labute approximate surface area is 111 Å². The average Bonchev–Trinajstić information content (AvgIpc) is 2.70. The predicted octanol–water partition coefficient (Wildman–Crippen LogP) is 0.403. The van der Waals surface area contributed by atoms with Crippen molar-refractivity contribution in [2.45, 2.75) is 24.2 Å². The minimum Gasteiger partial charge on any atom is -0.395 e. The van der Waals surface area contributed by atoms with Crippen LogP contribution < -0.4 is 10.0 Å². The number of anilines is 1. The molecule has 1 unspecified atom stereocenters. The maximum Gasteiger partial charge on any atom is 0.240 e. The van der Waals surface area contributed by atoms with Gasteiger partial charge in [0.15, 0.2) is 0 Å². The van der Waals surface area contributed by atoms with Gasteiger partial charge in [-0.3, -0.25) is 4.79 Å². The van der Waals surface area contributed by atoms with Crippen molar-refractivity contribution >= 4 is 21.6 Å². The van der Waals surface area contributed by atoms with E-state index in [0.717, 1.165) is 0 Å². The smallest absolute Gasteiger partial charge is 0.240 e. The molecule has 1 atom stereocenters. The summed E-state index contributed by atoms with van der Waals surface area (Å²) in [4.78, 5) is 11.8. The molecule has 0 bridgehead atoms. The number of rotatable bonds is 5. The molecule has 3 N–H and O–H groups in total. The molecule has 6 nitrogen and oxygen atoms in total. The summed E-state index contributed by atoms with van der Waals surface area (Å²) in [5.41, 5.74) is 1.37. The zero-order chi connectivity index (χ0) is 14.0. The van der Waals surface area contributed by atoms with Gasteiger partial charge in [0, 0.05) is 12.2 Å². The lowest BCUT2D eigenvalue weighted by molar-refractivity contribution is -0.117. The van der Waals surface area contributed by atoms with Crippen LogP contribution in [0.2, 0.25) is 0 Å². The number of nitrogens with one attached hydrogen (secondary N) is 2. The highest BCUT2D eigenvalue weighted by Gasteiger charge is 2.30. The first-order valence-electron chi connectivity index (χ1n) is 6.05. The first-order valence-corrected chi connectivity index (χ1v) is 7.53. The molecule has 2 rings (SSSR count). The fourth-order valence-corrected chi connectivity index (χ4v) is 3.20. The number of fused-ring (bicyclic) bond motifs is 1. The highest BCUT2D eigenvalue weighted by atomic mass is 32.2. The van der Waals surface area contributed by atoms with Crippen LogP contribution in [0.15, 0.2) is 23.1 Å². The van der Waals surface area contributed by atoms with Gasteiger partial charge < -0.3 is 10.4 Å². The summed E-state index contributed by atoms with van der Waals surface area (Å²) in [5, 5.41) is 11.4. The molecule has 1 aromatic carbocycles. The van der Waals surface area contributed by atoms with Gasteiger partial charge in [0.2, 0.25) is 15.9 Å². The highest BCUT2D eigenvalue weighted by molar-refractivity contribution is 7.89. The van der Waals surface area contributed by atoms with Crippen molar-refractivity contribution in [1.29, 1.82) is 0 Å². The quantitative estimate of drug-likeness (QED) is 0.729. The van der Waals surface area contributed by atoms with E-state index in [2.05, 4.69) is 10.0 Å². The topological polar surface area (TPSA) is 95.5 Å². The third-order valence-corrected chi connectivity index (χ3v) is 4.55. The van der Waals surface area contributed by atoms with Gasteiger partial charge in [0.05, 0.1) is 17.4 Å². The Bertz CT molecular complexity index is 598. The molecule has 1 aliphatic rings. The molecule has 0 spiro atoms. The van der Waals surface area contributed by atoms with Crippen LogP contribution in [-0.4, -0.2) is 32.6 Å². The van der Waals surface area contributed by atoms with Crippen molar-refractivity contribution < 1.29 is 18.3 Å². The molecule has 1 heterocycles. The van der Waals surface area contributed by atoms with Gasteiger partial charge in [-0.15, -0.1) is 0 Å². The van der Waals surface area contributed by atoms with E-state index >= 15 is 0 Å². The first-order chi connectivity index (χ1) is 8.99. The number of carbonyl (C=O) groups excluding carboxylic acids is 1. The zero-order valence-corrected chi connectivity index (χ0v) is 11.3. The van der Waals surface area contributed by atoms with Crippen molar-refractivity contribution in [3.05, 3.63) is 23.8 Å². The van der Waals surface area contributed by atoms with Crippen LogP contribution >= 0.6 is 0 Å². The van der Waals surface area contributed by atoms with Crippen LogP contribution in [0.5, 0.6) is 0 Å². The lowest BCUT2D eigenvalue weighted by Crippen LogP contribution is -2.26. The van der Waals surface area contributed by atoms with Crippen LogP contribution in [0.4, 0.5) is 5.69 Å². The van der Waals surface area contributed by atoms with E-state index in [4.69, 9.17) is 5.11 Å². The second-order valence-electron chi connectivity index (χ2n) is 4.32. The Morgan fingerprint density at radius 2 is 2.16 bits per heavy atom. The van der Waals surface area contributed by atoms with E-state index in [1.165, 1.54) is 12.1 Å². The van der Waals surface area contributed by atoms with Crippen molar-refractivity contribution in [3.63, 3.8) is 0 Å². The van der Waals surface area contributed by atoms with E-state index in [-0.39, 0.29) is 29.9 Å². The summed E-state index contributed by atoms with van der Waals surface area (Å²) in [6, 6.07) is 4.55. The monoisotopic (exact) mass is 284 g/mol. The molecule has 19 heavy (non-hydrogen) atoms. The number of hydrogen-bond donors (Lipinski definition) is 3. The van der Waals surface area contributed by atoms with E-state index < -0.39 is 10.0 Å². The van der Waals surface area contributed by atoms with Crippen molar-refractivity contribution in [2.24, 2.45) is 0 Å². The molecule has 1 aliphatic heterocycles. The average molecular weight is 284 g/mol. The second kappa shape index (κ2) is 5.28. The van der Waals surface area contributed by atoms with Crippen LogP contribution in [0.25, 0.3) is 0 Å². The van der Waals surface area contributed by atoms with Crippen molar-refractivity contribution in [3.8, 4) is 0 Å². The third kappa shape index (κ3) is 2.63. The molecular formula is C12H16N2O4S. The molecule has 7 heteroatoms. The Balaban J connectivity index is 2.37. The van der Waals surface area contributed by atoms with Gasteiger partial charge >= 0.3 is 0 Å². The van der Waals surface area contributed by atoms with E-state index in [9.17, 15) is 13.2 Å². The van der Waals surface area contributed by atoms with Crippen LogP contribution in [-0.2, 0) is 14.8 Å². The number of aliphatic hydroxyl groups is 1. The van der Waals surface area contributed by atoms with E-state index in [1.807, 2.05) is 6.92 Å². The Kier molecular flexibility index (Phi) is 3.88. The number of benzene rings is 1. The molecular weight excluding hydrogens is 268 g/mol.